The summed E-state index contributed by atoms with van der Waals surface area (Å²) in [5.74, 6) is 3.36. The van der Waals surface area contributed by atoms with Crippen molar-refractivity contribution in [1.29, 1.82) is 0 Å². The van der Waals surface area contributed by atoms with Gasteiger partial charge in [-0.2, -0.15) is 4.39 Å². The fourth-order valence-corrected chi connectivity index (χ4v) is 7.94. The van der Waals surface area contributed by atoms with Gasteiger partial charge in [-0.25, -0.2) is 4.39 Å². The summed E-state index contributed by atoms with van der Waals surface area (Å²) in [5, 5.41) is 0. The number of ether oxygens (including phenoxy) is 1. The molecule has 0 radical (unpaired) electrons. The lowest BCUT2D eigenvalue weighted by Gasteiger charge is -2.38. The summed E-state index contributed by atoms with van der Waals surface area (Å²) < 4.78 is 34.3. The van der Waals surface area contributed by atoms with Crippen molar-refractivity contribution in [2.24, 2.45) is 29.6 Å². The smallest absolute Gasteiger partial charge is 0.200 e. The lowest BCUT2D eigenvalue weighted by atomic mass is 9.67. The molecule has 3 aliphatic carbocycles. The van der Waals surface area contributed by atoms with E-state index in [4.69, 9.17) is 4.74 Å². The molecule has 36 heavy (non-hydrogen) atoms. The van der Waals surface area contributed by atoms with Crippen LogP contribution < -0.4 is 4.74 Å². The van der Waals surface area contributed by atoms with E-state index in [1.807, 2.05) is 0 Å². The van der Waals surface area contributed by atoms with E-state index in [1.54, 1.807) is 19.1 Å². The number of unbranched alkanes of at least 4 members (excludes halogenated alkanes) is 2. The molecule has 4 rings (SSSR count). The maximum absolute atomic E-state index is 14.7. The number of halogens is 2. The molecule has 0 unspecified atom stereocenters. The molecule has 0 N–H and O–H groups in total. The number of hydrogen-bond acceptors (Lipinski definition) is 1. The van der Waals surface area contributed by atoms with Gasteiger partial charge in [-0.1, -0.05) is 90.0 Å². The molecule has 1 aromatic rings. The van der Waals surface area contributed by atoms with Crippen molar-refractivity contribution in [3.63, 3.8) is 0 Å². The van der Waals surface area contributed by atoms with Crippen LogP contribution in [0.1, 0.15) is 141 Å². The second-order valence-corrected chi connectivity index (χ2v) is 12.6. The molecule has 3 fully saturated rings. The van der Waals surface area contributed by atoms with E-state index >= 15 is 0 Å². The predicted octanol–water partition coefficient (Wildman–Crippen LogP) is 10.6. The van der Waals surface area contributed by atoms with Crippen LogP contribution in [-0.2, 0) is 0 Å². The first kappa shape index (κ1) is 27.9. The molecule has 0 amide bonds. The minimum Gasteiger partial charge on any atom is -0.491 e. The molecule has 3 saturated carbocycles. The third-order valence-electron chi connectivity index (χ3n) is 10.3. The zero-order valence-corrected chi connectivity index (χ0v) is 23.2. The van der Waals surface area contributed by atoms with Gasteiger partial charge in [-0.3, -0.25) is 0 Å². The normalized spacial score (nSPS) is 31.3. The maximum Gasteiger partial charge on any atom is 0.200 e. The summed E-state index contributed by atoms with van der Waals surface area (Å²) in [6.45, 7) is 4.45. The monoisotopic (exact) mass is 502 g/mol. The summed E-state index contributed by atoms with van der Waals surface area (Å²) in [6.07, 6.45) is 24.6. The van der Waals surface area contributed by atoms with Gasteiger partial charge in [0.2, 0.25) is 5.82 Å². The van der Waals surface area contributed by atoms with Crippen molar-refractivity contribution >= 4 is 0 Å². The first-order chi connectivity index (χ1) is 17.6. The Morgan fingerprint density at radius 1 is 0.639 bits per heavy atom. The molecule has 0 bridgehead atoms. The largest absolute Gasteiger partial charge is 0.491 e. The van der Waals surface area contributed by atoms with Gasteiger partial charge < -0.3 is 4.74 Å². The van der Waals surface area contributed by atoms with Gasteiger partial charge in [0, 0.05) is 0 Å². The first-order valence-corrected chi connectivity index (χ1v) is 15.7. The minimum absolute atomic E-state index is 0.0410. The van der Waals surface area contributed by atoms with Crippen molar-refractivity contribution < 1.29 is 13.5 Å². The van der Waals surface area contributed by atoms with Gasteiger partial charge in [-0.05, 0) is 92.6 Å². The van der Waals surface area contributed by atoms with E-state index in [-0.39, 0.29) is 11.7 Å². The highest BCUT2D eigenvalue weighted by atomic mass is 19.2. The predicted molar refractivity (Wildman–Crippen MR) is 146 cm³/mol. The second-order valence-electron chi connectivity index (χ2n) is 12.6. The highest BCUT2D eigenvalue weighted by Crippen LogP contribution is 2.46. The number of hydrogen-bond donors (Lipinski definition) is 0. The summed E-state index contributed by atoms with van der Waals surface area (Å²) in [6, 6.07) is 3.38. The second kappa shape index (κ2) is 14.1. The average Bonchev–Trinajstić information content (AvgIpc) is 2.92. The molecule has 0 saturated heterocycles. The molecule has 0 aliphatic heterocycles. The van der Waals surface area contributed by atoms with Crippen LogP contribution in [0.2, 0.25) is 0 Å². The van der Waals surface area contributed by atoms with Crippen molar-refractivity contribution in [2.75, 3.05) is 6.61 Å². The Labute approximate surface area is 220 Å². The van der Waals surface area contributed by atoms with E-state index in [0.717, 1.165) is 42.4 Å². The molecule has 3 heteroatoms. The lowest BCUT2D eigenvalue weighted by molar-refractivity contribution is 0.149. The summed E-state index contributed by atoms with van der Waals surface area (Å²) >= 11 is 0. The molecule has 1 aromatic carbocycles. The van der Waals surface area contributed by atoms with Crippen molar-refractivity contribution in [2.45, 2.75) is 135 Å². The van der Waals surface area contributed by atoms with Crippen LogP contribution in [0.4, 0.5) is 8.78 Å². The van der Waals surface area contributed by atoms with Gasteiger partial charge in [0.05, 0.1) is 6.61 Å². The number of benzene rings is 1. The Morgan fingerprint density at radius 2 is 1.17 bits per heavy atom. The van der Waals surface area contributed by atoms with Crippen molar-refractivity contribution in [1.82, 2.24) is 0 Å². The maximum atomic E-state index is 14.7. The minimum atomic E-state index is -0.810. The third kappa shape index (κ3) is 7.47. The average molecular weight is 503 g/mol. The summed E-state index contributed by atoms with van der Waals surface area (Å²) in [4.78, 5) is 0. The molecule has 3 aliphatic rings. The van der Waals surface area contributed by atoms with Gasteiger partial charge >= 0.3 is 0 Å². The van der Waals surface area contributed by atoms with E-state index in [9.17, 15) is 8.78 Å². The lowest BCUT2D eigenvalue weighted by Crippen LogP contribution is -2.26. The van der Waals surface area contributed by atoms with Crippen LogP contribution in [0.3, 0.4) is 0 Å². The Kier molecular flexibility index (Phi) is 11.0. The van der Waals surface area contributed by atoms with Crippen LogP contribution in [-0.4, -0.2) is 6.61 Å². The molecular weight excluding hydrogens is 450 g/mol. The Bertz CT molecular complexity index is 768. The fourth-order valence-electron chi connectivity index (χ4n) is 7.94. The van der Waals surface area contributed by atoms with Crippen LogP contribution in [0.15, 0.2) is 12.1 Å². The van der Waals surface area contributed by atoms with Crippen LogP contribution in [0.25, 0.3) is 0 Å². The SMILES string of the molecule is CCCCCC1CCC(CCC2CCC(C3CCC(c4ccc(OCC)c(F)c4F)CC3)CC2)CC1. The molecule has 1 nitrogen and oxygen atoms in total. The standard InChI is InChI=1S/C33H52F2O/c1-3-5-6-7-24-8-10-25(11-9-24)12-13-26-14-16-27(17-15-26)28-18-20-29(21-19-28)30-22-23-31(36-4-2)33(35)32(30)34/h22-29H,3-21H2,1-2H3. The zero-order valence-electron chi connectivity index (χ0n) is 23.2. The van der Waals surface area contributed by atoms with E-state index in [2.05, 4.69) is 6.92 Å². The highest BCUT2D eigenvalue weighted by Gasteiger charge is 2.33. The van der Waals surface area contributed by atoms with Gasteiger partial charge in [-0.15, -0.1) is 0 Å². The van der Waals surface area contributed by atoms with Crippen LogP contribution >= 0.6 is 0 Å². The van der Waals surface area contributed by atoms with Crippen LogP contribution in [0.5, 0.6) is 5.75 Å². The molecule has 204 valence electrons. The number of rotatable bonds is 11. The fraction of sp³-hybridized carbons (Fsp3) is 0.818. The van der Waals surface area contributed by atoms with Crippen molar-refractivity contribution in [3.8, 4) is 5.75 Å². The van der Waals surface area contributed by atoms with Crippen LogP contribution in [0, 0.1) is 41.2 Å². The van der Waals surface area contributed by atoms with Gasteiger partial charge in [0.15, 0.2) is 11.6 Å². The first-order valence-electron chi connectivity index (χ1n) is 15.7. The molecule has 0 aromatic heterocycles. The Balaban J connectivity index is 1.13. The van der Waals surface area contributed by atoms with Gasteiger partial charge in [0.1, 0.15) is 0 Å². The van der Waals surface area contributed by atoms with E-state index in [0.29, 0.717) is 12.2 Å². The zero-order chi connectivity index (χ0) is 25.3. The molecule has 0 atom stereocenters. The van der Waals surface area contributed by atoms with E-state index < -0.39 is 11.6 Å². The summed E-state index contributed by atoms with van der Waals surface area (Å²) in [5.41, 5.74) is 0.563. The topological polar surface area (TPSA) is 9.23 Å². The molecule has 0 spiro atoms. The van der Waals surface area contributed by atoms with Crippen molar-refractivity contribution in [3.05, 3.63) is 29.3 Å². The van der Waals surface area contributed by atoms with E-state index in [1.165, 1.54) is 103 Å². The summed E-state index contributed by atoms with van der Waals surface area (Å²) in [7, 11) is 0. The van der Waals surface area contributed by atoms with Gasteiger partial charge in [0.25, 0.3) is 0 Å². The molecular formula is C33H52F2O. The Hall–Kier alpha value is -1.12. The quantitative estimate of drug-likeness (QED) is 0.273. The Morgan fingerprint density at radius 3 is 1.72 bits per heavy atom. The third-order valence-corrected chi connectivity index (χ3v) is 10.3. The highest BCUT2D eigenvalue weighted by molar-refractivity contribution is 5.33. The molecule has 0 heterocycles.